The van der Waals surface area contributed by atoms with Gasteiger partial charge in [0.2, 0.25) is 0 Å². The van der Waals surface area contributed by atoms with Crippen molar-refractivity contribution in [3.63, 3.8) is 0 Å². The highest BCUT2D eigenvalue weighted by Crippen LogP contribution is 2.34. The first kappa shape index (κ1) is 15.1. The Bertz CT molecular complexity index is 1110. The smallest absolute Gasteiger partial charge is 0.159 e. The van der Waals surface area contributed by atoms with Crippen LogP contribution in [-0.2, 0) is 7.05 Å². The molecule has 6 heteroatoms. The molecule has 0 spiro atoms. The lowest BCUT2D eigenvalue weighted by atomic mass is 10.1. The summed E-state index contributed by atoms with van der Waals surface area (Å²) in [5, 5.41) is 9.44. The number of nitrogens with two attached hydrogens (primary N) is 1. The summed E-state index contributed by atoms with van der Waals surface area (Å²) in [5.41, 5.74) is 9.43. The number of para-hydroxylation sites is 1. The van der Waals surface area contributed by atoms with Crippen LogP contribution < -0.4 is 11.1 Å². The summed E-state index contributed by atoms with van der Waals surface area (Å²) in [5.74, 6) is 1.11. The highest BCUT2D eigenvalue weighted by Gasteiger charge is 2.16. The molecule has 4 rings (SSSR count). The maximum atomic E-state index is 11.4. The normalized spacial score (nSPS) is 11.1. The van der Waals surface area contributed by atoms with E-state index in [0.29, 0.717) is 17.2 Å². The van der Waals surface area contributed by atoms with Crippen LogP contribution in [0.4, 0.5) is 17.3 Å². The molecule has 3 N–H and O–H groups in total. The number of carbonyl (C=O) groups is 1. The van der Waals surface area contributed by atoms with Crippen LogP contribution in [0.15, 0.2) is 48.5 Å². The van der Waals surface area contributed by atoms with Gasteiger partial charge >= 0.3 is 0 Å². The minimum Gasteiger partial charge on any atom is -0.382 e. The number of hydrogen-bond acceptors (Lipinski definition) is 5. The predicted molar refractivity (Wildman–Crippen MR) is 100 cm³/mol. The Morgan fingerprint density at radius 3 is 2.56 bits per heavy atom. The van der Waals surface area contributed by atoms with E-state index in [4.69, 9.17) is 10.7 Å². The number of pyridine rings is 1. The summed E-state index contributed by atoms with van der Waals surface area (Å²) >= 11 is 0. The van der Waals surface area contributed by atoms with E-state index in [1.165, 1.54) is 0 Å². The van der Waals surface area contributed by atoms with Crippen LogP contribution in [0, 0.1) is 0 Å². The number of rotatable bonds is 3. The van der Waals surface area contributed by atoms with Crippen molar-refractivity contribution in [3.05, 3.63) is 54.1 Å². The average molecular weight is 331 g/mol. The van der Waals surface area contributed by atoms with Crippen molar-refractivity contribution in [1.29, 1.82) is 0 Å². The average Bonchev–Trinajstić information content (AvgIpc) is 2.91. The minimum absolute atomic E-state index is 0.0364. The second kappa shape index (κ2) is 5.59. The Kier molecular flexibility index (Phi) is 3.39. The van der Waals surface area contributed by atoms with Crippen LogP contribution in [0.1, 0.15) is 17.3 Å². The van der Waals surface area contributed by atoms with E-state index in [-0.39, 0.29) is 5.78 Å². The summed E-state index contributed by atoms with van der Waals surface area (Å²) in [7, 11) is 1.87. The van der Waals surface area contributed by atoms with Gasteiger partial charge in [0.15, 0.2) is 11.6 Å². The van der Waals surface area contributed by atoms with E-state index < -0.39 is 0 Å². The molecule has 124 valence electrons. The number of Topliss-reactive ketones (excluding diaryl/α,β-unsaturated/α-hetero) is 1. The molecule has 0 saturated carbocycles. The van der Waals surface area contributed by atoms with Gasteiger partial charge in [0.25, 0.3) is 0 Å². The fourth-order valence-electron chi connectivity index (χ4n) is 3.05. The standard InChI is InChI=1S/C19H17N5O/c1-11(25)12-7-9-13(10-8-12)21-19-16-17(24(2)23-18(16)20)14-5-3-4-6-15(14)22-19/h3-10H,1-2H3,(H2,20,23)(H,21,22). The molecule has 0 radical (unpaired) electrons. The molecule has 2 aromatic heterocycles. The number of aryl methyl sites for hydroxylation is 1. The van der Waals surface area contributed by atoms with E-state index in [1.807, 2.05) is 43.4 Å². The molecule has 0 saturated heterocycles. The summed E-state index contributed by atoms with van der Waals surface area (Å²) in [4.78, 5) is 16.1. The van der Waals surface area contributed by atoms with E-state index >= 15 is 0 Å². The lowest BCUT2D eigenvalue weighted by Crippen LogP contribution is -1.98. The van der Waals surface area contributed by atoms with Crippen LogP contribution in [0.25, 0.3) is 21.8 Å². The highest BCUT2D eigenvalue weighted by molar-refractivity contribution is 6.12. The van der Waals surface area contributed by atoms with E-state index in [2.05, 4.69) is 10.4 Å². The number of hydrogen-bond donors (Lipinski definition) is 2. The Hall–Kier alpha value is -3.41. The zero-order valence-electron chi connectivity index (χ0n) is 13.9. The molecule has 2 heterocycles. The van der Waals surface area contributed by atoms with Crippen LogP contribution in [0.2, 0.25) is 0 Å². The number of nitrogens with zero attached hydrogens (tertiary/aromatic N) is 3. The number of nitrogens with one attached hydrogen (secondary N) is 1. The van der Waals surface area contributed by atoms with Crippen molar-refractivity contribution >= 4 is 44.9 Å². The van der Waals surface area contributed by atoms with E-state index in [1.54, 1.807) is 23.7 Å². The molecule has 6 nitrogen and oxygen atoms in total. The maximum absolute atomic E-state index is 11.4. The van der Waals surface area contributed by atoms with Crippen LogP contribution in [-0.4, -0.2) is 20.5 Å². The Morgan fingerprint density at radius 2 is 1.84 bits per heavy atom. The second-order valence-electron chi connectivity index (χ2n) is 5.97. The molecule has 0 fully saturated rings. The SMILES string of the molecule is CC(=O)c1ccc(Nc2nc3ccccc3c3c2c(N)nn3C)cc1. The molecular weight excluding hydrogens is 314 g/mol. The number of nitrogen functional groups attached to an aromatic ring is 1. The van der Waals surface area contributed by atoms with Gasteiger partial charge < -0.3 is 11.1 Å². The van der Waals surface area contributed by atoms with Gasteiger partial charge in [-0.2, -0.15) is 5.10 Å². The molecule has 0 aliphatic rings. The lowest BCUT2D eigenvalue weighted by Gasteiger charge is -2.10. The Balaban J connectivity index is 1.89. The topological polar surface area (TPSA) is 85.8 Å². The van der Waals surface area contributed by atoms with E-state index in [9.17, 15) is 4.79 Å². The Morgan fingerprint density at radius 1 is 1.12 bits per heavy atom. The van der Waals surface area contributed by atoms with E-state index in [0.717, 1.165) is 27.5 Å². The van der Waals surface area contributed by atoms with Gasteiger partial charge in [0.05, 0.1) is 16.4 Å². The molecule has 0 aliphatic carbocycles. The fourth-order valence-corrected chi connectivity index (χ4v) is 3.05. The maximum Gasteiger partial charge on any atom is 0.159 e. The largest absolute Gasteiger partial charge is 0.382 e. The molecule has 4 aromatic rings. The fraction of sp³-hybridized carbons (Fsp3) is 0.105. The quantitative estimate of drug-likeness (QED) is 0.560. The van der Waals surface area contributed by atoms with Gasteiger partial charge in [-0.3, -0.25) is 9.48 Å². The van der Waals surface area contributed by atoms with Gasteiger partial charge in [0.1, 0.15) is 5.82 Å². The minimum atomic E-state index is 0.0364. The van der Waals surface area contributed by atoms with Gasteiger partial charge in [-0.15, -0.1) is 0 Å². The third-order valence-corrected chi connectivity index (χ3v) is 4.26. The molecule has 0 atom stereocenters. The van der Waals surface area contributed by atoms with Gasteiger partial charge in [-0.25, -0.2) is 4.98 Å². The number of aromatic nitrogens is 3. The third-order valence-electron chi connectivity index (χ3n) is 4.26. The van der Waals surface area contributed by atoms with Crippen LogP contribution in [0.3, 0.4) is 0 Å². The first-order valence-electron chi connectivity index (χ1n) is 7.93. The first-order chi connectivity index (χ1) is 12.0. The van der Waals surface area contributed by atoms with Gasteiger partial charge in [-0.1, -0.05) is 18.2 Å². The highest BCUT2D eigenvalue weighted by atomic mass is 16.1. The second-order valence-corrected chi connectivity index (χ2v) is 5.97. The molecule has 2 aromatic carbocycles. The predicted octanol–water partition coefficient (Wildman–Crippen LogP) is 3.65. The number of benzene rings is 2. The van der Waals surface area contributed by atoms with Gasteiger partial charge in [0, 0.05) is 23.7 Å². The number of fused-ring (bicyclic) bond motifs is 3. The zero-order valence-corrected chi connectivity index (χ0v) is 13.9. The van der Waals surface area contributed by atoms with Crippen LogP contribution >= 0.6 is 0 Å². The summed E-state index contributed by atoms with van der Waals surface area (Å²) in [6.07, 6.45) is 0. The Labute approximate surface area is 144 Å². The zero-order chi connectivity index (χ0) is 17.6. The van der Waals surface area contributed by atoms with Crippen molar-refractivity contribution in [2.45, 2.75) is 6.92 Å². The number of carbonyl (C=O) groups excluding carboxylic acids is 1. The van der Waals surface area contributed by atoms with Crippen molar-refractivity contribution in [2.75, 3.05) is 11.1 Å². The monoisotopic (exact) mass is 331 g/mol. The third kappa shape index (κ3) is 2.48. The van der Waals surface area contributed by atoms with Crippen molar-refractivity contribution in [3.8, 4) is 0 Å². The molecular formula is C19H17N5O. The molecule has 0 unspecified atom stereocenters. The summed E-state index contributed by atoms with van der Waals surface area (Å²) < 4.78 is 1.78. The number of ketones is 1. The van der Waals surface area contributed by atoms with Crippen molar-refractivity contribution in [1.82, 2.24) is 14.8 Å². The summed E-state index contributed by atoms with van der Waals surface area (Å²) in [6, 6.07) is 15.2. The van der Waals surface area contributed by atoms with Crippen molar-refractivity contribution < 1.29 is 4.79 Å². The lowest BCUT2D eigenvalue weighted by molar-refractivity contribution is 0.101. The van der Waals surface area contributed by atoms with Gasteiger partial charge in [-0.05, 0) is 37.3 Å². The molecule has 0 aliphatic heterocycles. The molecule has 0 bridgehead atoms. The molecule has 0 amide bonds. The summed E-state index contributed by atoms with van der Waals surface area (Å²) in [6.45, 7) is 1.55. The molecule has 25 heavy (non-hydrogen) atoms. The first-order valence-corrected chi connectivity index (χ1v) is 7.93. The van der Waals surface area contributed by atoms with Crippen LogP contribution in [0.5, 0.6) is 0 Å². The number of anilines is 3. The van der Waals surface area contributed by atoms with Crippen molar-refractivity contribution in [2.24, 2.45) is 7.05 Å².